The smallest absolute Gasteiger partial charge is 0.192 e. The van der Waals surface area contributed by atoms with Crippen LogP contribution in [0.3, 0.4) is 0 Å². The first kappa shape index (κ1) is 32.4. The Kier molecular flexibility index (Phi) is 8.60. The van der Waals surface area contributed by atoms with Crippen molar-refractivity contribution >= 4 is 26.5 Å². The highest BCUT2D eigenvalue weighted by atomic mass is 32.2. The standard InChI is InChI=1S/C33H58O4SSi2/c1-13-24-16-17-28-23(15-14-18-33(24,28)8)19-30-26-20-25(36-39(9,10)31(2,3)4)21-29(27(26)22-38(30,34)35)37-40(11,12)32(5,6)7/h13,19,25,28-30H,14-18,20-22H2,1-12H3/b23-19+,24-13-/t25?,28?,29?,30?,33-/m1/s1. The molecule has 1 aliphatic heterocycles. The van der Waals surface area contributed by atoms with Gasteiger partial charge in [-0.2, -0.15) is 0 Å². The van der Waals surface area contributed by atoms with Crippen molar-refractivity contribution in [3.8, 4) is 0 Å². The van der Waals surface area contributed by atoms with E-state index < -0.39 is 31.7 Å². The molecule has 4 nitrogen and oxygen atoms in total. The third kappa shape index (κ3) is 5.85. The molecule has 0 radical (unpaired) electrons. The second-order valence-electron chi connectivity index (χ2n) is 16.5. The van der Waals surface area contributed by atoms with E-state index in [0.717, 1.165) is 49.7 Å². The average Bonchev–Trinajstić information content (AvgIpc) is 3.25. The van der Waals surface area contributed by atoms with E-state index in [1.54, 1.807) is 5.57 Å². The van der Waals surface area contributed by atoms with Crippen LogP contribution in [-0.4, -0.2) is 48.3 Å². The van der Waals surface area contributed by atoms with Crippen LogP contribution in [0.1, 0.15) is 100 Å². The van der Waals surface area contributed by atoms with Crippen LogP contribution in [0.5, 0.6) is 0 Å². The molecule has 0 bridgehead atoms. The molecule has 2 saturated carbocycles. The lowest BCUT2D eigenvalue weighted by atomic mass is 9.65. The van der Waals surface area contributed by atoms with E-state index >= 15 is 0 Å². The zero-order valence-electron chi connectivity index (χ0n) is 27.7. The lowest BCUT2D eigenvalue weighted by molar-refractivity contribution is 0.0980. The number of fused-ring (bicyclic) bond motifs is 1. The second-order valence-corrected chi connectivity index (χ2v) is 28.1. The van der Waals surface area contributed by atoms with E-state index in [-0.39, 0.29) is 33.5 Å². The number of rotatable bonds is 5. The zero-order valence-corrected chi connectivity index (χ0v) is 30.5. The maximum atomic E-state index is 14.0. The van der Waals surface area contributed by atoms with E-state index in [1.165, 1.54) is 12.0 Å². The Hall–Kier alpha value is -0.476. The Morgan fingerprint density at radius 3 is 2.10 bits per heavy atom. The Morgan fingerprint density at radius 2 is 1.52 bits per heavy atom. The van der Waals surface area contributed by atoms with Gasteiger partial charge in [-0.3, -0.25) is 0 Å². The molecule has 1 heterocycles. The number of allylic oxidation sites excluding steroid dienone is 3. The van der Waals surface area contributed by atoms with Crippen LogP contribution in [0.2, 0.25) is 36.3 Å². The Labute approximate surface area is 248 Å². The number of hydrogen-bond acceptors (Lipinski definition) is 4. The molecule has 0 aromatic carbocycles. The summed E-state index contributed by atoms with van der Waals surface area (Å²) in [5, 5.41) is -0.370. The van der Waals surface area contributed by atoms with Crippen molar-refractivity contribution in [2.24, 2.45) is 11.3 Å². The molecule has 5 atom stereocenters. The molecular weight excluding hydrogens is 549 g/mol. The summed E-state index contributed by atoms with van der Waals surface area (Å²) < 4.78 is 42.0. The van der Waals surface area contributed by atoms with Gasteiger partial charge < -0.3 is 8.85 Å². The molecule has 0 spiro atoms. The fraction of sp³-hybridized carbons (Fsp3) is 0.818. The van der Waals surface area contributed by atoms with Crippen LogP contribution in [0.25, 0.3) is 0 Å². The lowest BCUT2D eigenvalue weighted by Gasteiger charge is -2.45. The van der Waals surface area contributed by atoms with Gasteiger partial charge in [0.25, 0.3) is 0 Å². The maximum absolute atomic E-state index is 14.0. The first-order valence-corrected chi connectivity index (χ1v) is 23.3. The van der Waals surface area contributed by atoms with Crippen LogP contribution in [0.4, 0.5) is 0 Å². The average molecular weight is 607 g/mol. The van der Waals surface area contributed by atoms with Crippen molar-refractivity contribution in [1.82, 2.24) is 0 Å². The number of hydrogen-bond donors (Lipinski definition) is 0. The molecule has 2 fully saturated rings. The third-order valence-electron chi connectivity index (χ3n) is 11.9. The van der Waals surface area contributed by atoms with Crippen LogP contribution < -0.4 is 0 Å². The minimum atomic E-state index is -3.33. The van der Waals surface area contributed by atoms with Gasteiger partial charge in [-0.1, -0.05) is 71.8 Å². The normalized spacial score (nSPS) is 35.4. The predicted molar refractivity (Wildman–Crippen MR) is 174 cm³/mol. The monoisotopic (exact) mass is 606 g/mol. The summed E-state index contributed by atoms with van der Waals surface area (Å²) in [6.07, 6.45) is 11.5. The molecule has 228 valence electrons. The third-order valence-corrected chi connectivity index (χ3v) is 22.8. The summed E-state index contributed by atoms with van der Waals surface area (Å²) in [5.41, 5.74) is 5.30. The van der Waals surface area contributed by atoms with Crippen LogP contribution in [-0.2, 0) is 18.7 Å². The summed E-state index contributed by atoms with van der Waals surface area (Å²) in [4.78, 5) is 0. The first-order valence-electron chi connectivity index (χ1n) is 15.8. The molecule has 0 aromatic heterocycles. The van der Waals surface area contributed by atoms with Gasteiger partial charge in [0.15, 0.2) is 26.5 Å². The Bertz CT molecular complexity index is 1200. The number of sulfone groups is 1. The molecule has 0 aromatic rings. The van der Waals surface area contributed by atoms with Gasteiger partial charge in [-0.05, 0) is 104 Å². The van der Waals surface area contributed by atoms with Crippen molar-refractivity contribution in [2.75, 3.05) is 5.75 Å². The first-order chi connectivity index (χ1) is 18.1. The van der Waals surface area contributed by atoms with Crippen molar-refractivity contribution in [3.63, 3.8) is 0 Å². The van der Waals surface area contributed by atoms with Crippen LogP contribution >= 0.6 is 0 Å². The summed E-state index contributed by atoms with van der Waals surface area (Å²) in [6.45, 7) is 27.4. The van der Waals surface area contributed by atoms with Crippen molar-refractivity contribution in [1.29, 1.82) is 0 Å². The summed E-state index contributed by atoms with van der Waals surface area (Å²) in [5.74, 6) is 0.611. The summed E-state index contributed by atoms with van der Waals surface area (Å²) >= 11 is 0. The summed E-state index contributed by atoms with van der Waals surface area (Å²) in [7, 11) is -7.49. The SMILES string of the molecule is C/C=C1/CCC2/C(=C/C3C4=C(CS3(=O)=O)C(O[Si](C)(C)C(C)(C)C)CC(O[Si](C)(C)C(C)(C)C)C4)CCC[C@]12C. The fourth-order valence-electron chi connectivity index (χ4n) is 7.35. The van der Waals surface area contributed by atoms with Crippen molar-refractivity contribution in [3.05, 3.63) is 34.4 Å². The quantitative estimate of drug-likeness (QED) is 0.231. The predicted octanol–water partition coefficient (Wildman–Crippen LogP) is 9.13. The fourth-order valence-corrected chi connectivity index (χ4v) is 12.1. The van der Waals surface area contributed by atoms with Gasteiger partial charge in [0.2, 0.25) is 0 Å². The van der Waals surface area contributed by atoms with Gasteiger partial charge in [0.1, 0.15) is 5.25 Å². The highest BCUT2D eigenvalue weighted by Gasteiger charge is 2.51. The van der Waals surface area contributed by atoms with Gasteiger partial charge in [0, 0.05) is 6.42 Å². The van der Waals surface area contributed by atoms with Gasteiger partial charge in [-0.25, -0.2) is 8.42 Å². The van der Waals surface area contributed by atoms with E-state index in [0.29, 0.717) is 5.92 Å². The lowest BCUT2D eigenvalue weighted by Crippen LogP contribution is -2.49. The molecule has 0 saturated heterocycles. The second kappa shape index (κ2) is 10.6. The minimum Gasteiger partial charge on any atom is -0.414 e. The minimum absolute atomic E-state index is 0.00124. The van der Waals surface area contributed by atoms with E-state index in [2.05, 4.69) is 93.7 Å². The molecule has 4 aliphatic rings. The van der Waals surface area contributed by atoms with Gasteiger partial charge in [0.05, 0.1) is 18.0 Å². The molecule has 3 aliphatic carbocycles. The molecule has 7 heteroatoms. The molecular formula is C33H58O4SSi2. The summed E-state index contributed by atoms with van der Waals surface area (Å²) in [6, 6.07) is 0. The zero-order chi connectivity index (χ0) is 30.1. The largest absolute Gasteiger partial charge is 0.414 e. The topological polar surface area (TPSA) is 52.6 Å². The van der Waals surface area contributed by atoms with Gasteiger partial charge in [-0.15, -0.1) is 0 Å². The molecule has 40 heavy (non-hydrogen) atoms. The van der Waals surface area contributed by atoms with Crippen molar-refractivity contribution < 1.29 is 17.3 Å². The van der Waals surface area contributed by atoms with E-state index in [9.17, 15) is 8.42 Å². The van der Waals surface area contributed by atoms with Gasteiger partial charge >= 0.3 is 0 Å². The highest BCUT2D eigenvalue weighted by molar-refractivity contribution is 7.92. The van der Waals surface area contributed by atoms with Crippen LogP contribution in [0.15, 0.2) is 34.4 Å². The molecule has 4 rings (SSSR count). The highest BCUT2D eigenvalue weighted by Crippen LogP contribution is 2.57. The maximum Gasteiger partial charge on any atom is 0.192 e. The Balaban J connectivity index is 1.75. The Morgan fingerprint density at radius 1 is 0.925 bits per heavy atom. The molecule has 0 N–H and O–H groups in total. The van der Waals surface area contributed by atoms with Crippen LogP contribution in [0, 0.1) is 11.3 Å². The van der Waals surface area contributed by atoms with E-state index in [4.69, 9.17) is 8.85 Å². The van der Waals surface area contributed by atoms with Crippen molar-refractivity contribution in [2.45, 2.75) is 154 Å². The van der Waals surface area contributed by atoms with E-state index in [1.807, 2.05) is 0 Å². The molecule has 0 amide bonds. The molecule has 4 unspecified atom stereocenters.